The maximum Gasteiger partial charge on any atom is 0.258 e. The van der Waals surface area contributed by atoms with Crippen LogP contribution in [-0.2, 0) is 11.8 Å². The first-order chi connectivity index (χ1) is 12.6. The van der Waals surface area contributed by atoms with Crippen LogP contribution in [0.15, 0.2) is 48.7 Å². The number of amides is 1. The van der Waals surface area contributed by atoms with Gasteiger partial charge in [-0.15, -0.1) is 0 Å². The van der Waals surface area contributed by atoms with E-state index in [-0.39, 0.29) is 18.6 Å². The van der Waals surface area contributed by atoms with Crippen LogP contribution in [-0.4, -0.2) is 66.7 Å². The van der Waals surface area contributed by atoms with Gasteiger partial charge in [0.15, 0.2) is 6.61 Å². The van der Waals surface area contributed by atoms with Gasteiger partial charge in [0, 0.05) is 51.7 Å². The lowest BCUT2D eigenvalue weighted by atomic mass is 10.1. The highest BCUT2D eigenvalue weighted by molar-refractivity contribution is 5.77. The molecule has 0 radical (unpaired) electrons. The highest BCUT2D eigenvalue weighted by Crippen LogP contribution is 2.21. The van der Waals surface area contributed by atoms with Crippen molar-refractivity contribution in [2.75, 3.05) is 46.4 Å². The van der Waals surface area contributed by atoms with Gasteiger partial charge in [-0.05, 0) is 31.3 Å². The van der Waals surface area contributed by atoms with Crippen molar-refractivity contribution in [2.24, 2.45) is 7.05 Å². The van der Waals surface area contributed by atoms with Gasteiger partial charge in [-0.25, -0.2) is 0 Å². The van der Waals surface area contributed by atoms with E-state index in [9.17, 15) is 4.79 Å². The maximum atomic E-state index is 12.2. The molecule has 2 aromatic rings. The molecule has 1 aliphatic heterocycles. The standard InChI is InChI=1S/C20H28N4O2/c1-22-11-13-24(14-12-22)19(18-9-6-10-23(18)2)15-21-20(25)16-26-17-7-4-3-5-8-17/h3-10,19H,11-16H2,1-2H3,(H,21,25). The molecule has 3 rings (SSSR count). The highest BCUT2D eigenvalue weighted by Gasteiger charge is 2.25. The lowest BCUT2D eigenvalue weighted by Crippen LogP contribution is -2.49. The summed E-state index contributed by atoms with van der Waals surface area (Å²) in [5.74, 6) is 0.614. The SMILES string of the molecule is CN1CCN(C(CNC(=O)COc2ccccc2)c2cccn2C)CC1. The number of rotatable bonds is 7. The second-order valence-electron chi connectivity index (χ2n) is 6.80. The first-order valence-corrected chi connectivity index (χ1v) is 9.12. The van der Waals surface area contributed by atoms with E-state index in [1.807, 2.05) is 30.3 Å². The Labute approximate surface area is 155 Å². The van der Waals surface area contributed by atoms with Crippen LogP contribution >= 0.6 is 0 Å². The number of benzene rings is 1. The smallest absolute Gasteiger partial charge is 0.258 e. The highest BCUT2D eigenvalue weighted by atomic mass is 16.5. The molecule has 0 spiro atoms. The lowest BCUT2D eigenvalue weighted by Gasteiger charge is -2.38. The molecule has 0 saturated carbocycles. The van der Waals surface area contributed by atoms with Crippen molar-refractivity contribution in [3.8, 4) is 5.75 Å². The van der Waals surface area contributed by atoms with Gasteiger partial charge < -0.3 is 19.5 Å². The Morgan fingerprint density at radius 2 is 1.81 bits per heavy atom. The van der Waals surface area contributed by atoms with E-state index in [0.29, 0.717) is 12.3 Å². The van der Waals surface area contributed by atoms with E-state index < -0.39 is 0 Å². The van der Waals surface area contributed by atoms with Crippen LogP contribution in [0.25, 0.3) is 0 Å². The molecular weight excluding hydrogens is 328 g/mol. The van der Waals surface area contributed by atoms with Crippen LogP contribution in [0.3, 0.4) is 0 Å². The van der Waals surface area contributed by atoms with E-state index in [1.165, 1.54) is 5.69 Å². The molecule has 140 valence electrons. The van der Waals surface area contributed by atoms with E-state index >= 15 is 0 Å². The molecule has 6 heteroatoms. The summed E-state index contributed by atoms with van der Waals surface area (Å²) in [5.41, 5.74) is 1.22. The predicted molar refractivity (Wildman–Crippen MR) is 102 cm³/mol. The van der Waals surface area contributed by atoms with Gasteiger partial charge >= 0.3 is 0 Å². The fourth-order valence-corrected chi connectivity index (χ4v) is 3.30. The van der Waals surface area contributed by atoms with Crippen molar-refractivity contribution in [3.05, 3.63) is 54.4 Å². The van der Waals surface area contributed by atoms with Crippen molar-refractivity contribution in [3.63, 3.8) is 0 Å². The van der Waals surface area contributed by atoms with Gasteiger partial charge in [-0.3, -0.25) is 9.69 Å². The summed E-state index contributed by atoms with van der Waals surface area (Å²) in [6.45, 7) is 4.72. The van der Waals surface area contributed by atoms with Gasteiger partial charge in [0.1, 0.15) is 5.75 Å². The van der Waals surface area contributed by atoms with Gasteiger partial charge in [-0.1, -0.05) is 18.2 Å². The van der Waals surface area contributed by atoms with Gasteiger partial charge in [0.05, 0.1) is 6.04 Å². The van der Waals surface area contributed by atoms with Crippen molar-refractivity contribution >= 4 is 5.91 Å². The third kappa shape index (κ3) is 4.86. The number of hydrogen-bond donors (Lipinski definition) is 1. The summed E-state index contributed by atoms with van der Waals surface area (Å²) in [6, 6.07) is 13.8. The number of nitrogens with one attached hydrogen (secondary N) is 1. The Balaban J connectivity index is 1.57. The van der Waals surface area contributed by atoms with E-state index in [0.717, 1.165) is 26.2 Å². The number of aromatic nitrogens is 1. The second-order valence-corrected chi connectivity index (χ2v) is 6.80. The number of aryl methyl sites for hydroxylation is 1. The first kappa shape index (κ1) is 18.5. The van der Waals surface area contributed by atoms with Crippen LogP contribution in [0.4, 0.5) is 0 Å². The van der Waals surface area contributed by atoms with Crippen molar-refractivity contribution < 1.29 is 9.53 Å². The molecular formula is C20H28N4O2. The number of nitrogens with zero attached hydrogens (tertiary/aromatic N) is 3. The molecule has 0 bridgehead atoms. The molecule has 1 atom stereocenters. The lowest BCUT2D eigenvalue weighted by molar-refractivity contribution is -0.123. The van der Waals surface area contributed by atoms with Crippen LogP contribution < -0.4 is 10.1 Å². The zero-order chi connectivity index (χ0) is 18.4. The van der Waals surface area contributed by atoms with E-state index in [4.69, 9.17) is 4.74 Å². The molecule has 1 aromatic heterocycles. The summed E-state index contributed by atoms with van der Waals surface area (Å²) in [6.07, 6.45) is 2.05. The van der Waals surface area contributed by atoms with E-state index in [1.54, 1.807) is 0 Å². The van der Waals surface area contributed by atoms with Gasteiger partial charge in [0.2, 0.25) is 0 Å². The van der Waals surface area contributed by atoms with Gasteiger partial charge in [0.25, 0.3) is 5.91 Å². The van der Waals surface area contributed by atoms with Crippen LogP contribution in [0, 0.1) is 0 Å². The first-order valence-electron chi connectivity index (χ1n) is 9.12. The molecule has 1 amide bonds. The average Bonchev–Trinajstić information content (AvgIpc) is 3.08. The minimum atomic E-state index is -0.0952. The predicted octanol–water partition coefficient (Wildman–Crippen LogP) is 1.51. The maximum absolute atomic E-state index is 12.2. The number of carbonyl (C=O) groups is 1. The third-order valence-corrected chi connectivity index (χ3v) is 4.91. The summed E-state index contributed by atoms with van der Waals surface area (Å²) in [5, 5.41) is 3.04. The fourth-order valence-electron chi connectivity index (χ4n) is 3.30. The number of hydrogen-bond acceptors (Lipinski definition) is 4. The molecule has 26 heavy (non-hydrogen) atoms. The van der Waals surface area contributed by atoms with E-state index in [2.05, 4.69) is 52.1 Å². The molecule has 1 aliphatic rings. The minimum absolute atomic E-state index is 0.0343. The number of likely N-dealkylation sites (N-methyl/N-ethyl adjacent to an activating group) is 1. The topological polar surface area (TPSA) is 49.7 Å². The Bertz CT molecular complexity index is 693. The zero-order valence-corrected chi connectivity index (χ0v) is 15.6. The summed E-state index contributed by atoms with van der Waals surface area (Å²) < 4.78 is 7.67. The number of para-hydroxylation sites is 1. The zero-order valence-electron chi connectivity index (χ0n) is 15.6. The third-order valence-electron chi connectivity index (χ3n) is 4.91. The van der Waals surface area contributed by atoms with Crippen LogP contribution in [0.5, 0.6) is 5.75 Å². The summed E-state index contributed by atoms with van der Waals surface area (Å²) in [7, 11) is 4.20. The molecule has 1 saturated heterocycles. The largest absolute Gasteiger partial charge is 0.484 e. The second kappa shape index (κ2) is 8.87. The molecule has 1 unspecified atom stereocenters. The average molecular weight is 356 g/mol. The quantitative estimate of drug-likeness (QED) is 0.817. The Morgan fingerprint density at radius 3 is 2.46 bits per heavy atom. The summed E-state index contributed by atoms with van der Waals surface area (Å²) in [4.78, 5) is 17.0. The number of ether oxygens (including phenoxy) is 1. The molecule has 1 aromatic carbocycles. The Morgan fingerprint density at radius 1 is 1.08 bits per heavy atom. The molecule has 0 aliphatic carbocycles. The van der Waals surface area contributed by atoms with Crippen molar-refractivity contribution in [2.45, 2.75) is 6.04 Å². The Kier molecular flexibility index (Phi) is 6.30. The van der Waals surface area contributed by atoms with Gasteiger partial charge in [-0.2, -0.15) is 0 Å². The molecule has 1 N–H and O–H groups in total. The summed E-state index contributed by atoms with van der Waals surface area (Å²) >= 11 is 0. The van der Waals surface area contributed by atoms with Crippen molar-refractivity contribution in [1.82, 2.24) is 19.7 Å². The van der Waals surface area contributed by atoms with Crippen LogP contribution in [0.1, 0.15) is 11.7 Å². The monoisotopic (exact) mass is 356 g/mol. The number of carbonyl (C=O) groups excluding carboxylic acids is 1. The molecule has 2 heterocycles. The van der Waals surface area contributed by atoms with Crippen LogP contribution in [0.2, 0.25) is 0 Å². The Hall–Kier alpha value is -2.31. The normalized spacial score (nSPS) is 17.0. The fraction of sp³-hybridized carbons (Fsp3) is 0.450. The van der Waals surface area contributed by atoms with Crippen molar-refractivity contribution in [1.29, 1.82) is 0 Å². The minimum Gasteiger partial charge on any atom is -0.484 e. The number of piperazine rings is 1. The molecule has 6 nitrogen and oxygen atoms in total. The molecule has 1 fully saturated rings.